The number of carbonyl (C=O) groups is 1. The molecule has 1 aromatic carbocycles. The Morgan fingerprint density at radius 2 is 1.65 bits per heavy atom. The maximum absolute atomic E-state index is 11.8. The standard InChI is InChI=1S/C12H8Cl3N3O2/c13-8-5-10(15)11(6-9(8)14)20-7-12(19)18(3-1-16)4-2-17/h5-6H,3-4,7H2. The van der Waals surface area contributed by atoms with Crippen molar-refractivity contribution < 1.29 is 9.53 Å². The van der Waals surface area contributed by atoms with Crippen molar-refractivity contribution in [3.63, 3.8) is 0 Å². The summed E-state index contributed by atoms with van der Waals surface area (Å²) in [6.45, 7) is -0.739. The van der Waals surface area contributed by atoms with E-state index in [4.69, 9.17) is 50.1 Å². The fourth-order valence-corrected chi connectivity index (χ4v) is 1.84. The number of hydrogen-bond donors (Lipinski definition) is 0. The zero-order valence-corrected chi connectivity index (χ0v) is 12.3. The summed E-state index contributed by atoms with van der Waals surface area (Å²) in [5.41, 5.74) is 0. The van der Waals surface area contributed by atoms with Gasteiger partial charge in [-0.15, -0.1) is 0 Å². The average molecular weight is 333 g/mol. The number of rotatable bonds is 5. The van der Waals surface area contributed by atoms with Crippen molar-refractivity contribution in [2.24, 2.45) is 0 Å². The molecule has 0 aliphatic heterocycles. The third-order valence-electron chi connectivity index (χ3n) is 2.20. The number of ether oxygens (including phenoxy) is 1. The van der Waals surface area contributed by atoms with Crippen LogP contribution in [0.5, 0.6) is 5.75 Å². The Labute approximate surface area is 130 Å². The molecule has 0 atom stereocenters. The molecule has 1 aromatic rings. The molecule has 0 unspecified atom stereocenters. The Kier molecular flexibility index (Phi) is 6.41. The number of nitriles is 2. The lowest BCUT2D eigenvalue weighted by Gasteiger charge is -2.16. The van der Waals surface area contributed by atoms with E-state index < -0.39 is 5.91 Å². The van der Waals surface area contributed by atoms with Gasteiger partial charge in [-0.25, -0.2) is 0 Å². The van der Waals surface area contributed by atoms with Gasteiger partial charge in [0.15, 0.2) is 6.61 Å². The molecule has 1 amide bonds. The molecule has 0 aliphatic carbocycles. The maximum Gasteiger partial charge on any atom is 0.262 e. The summed E-state index contributed by atoms with van der Waals surface area (Å²) in [7, 11) is 0. The lowest BCUT2D eigenvalue weighted by atomic mass is 10.3. The first kappa shape index (κ1) is 16.4. The van der Waals surface area contributed by atoms with Gasteiger partial charge in [0.2, 0.25) is 0 Å². The average Bonchev–Trinajstić information content (AvgIpc) is 2.41. The van der Waals surface area contributed by atoms with Crippen LogP contribution in [0.1, 0.15) is 0 Å². The third-order valence-corrected chi connectivity index (χ3v) is 3.22. The Bertz CT molecular complexity index is 577. The van der Waals surface area contributed by atoms with Gasteiger partial charge in [0, 0.05) is 6.07 Å². The fraction of sp³-hybridized carbons (Fsp3) is 0.250. The van der Waals surface area contributed by atoms with E-state index in [9.17, 15) is 4.79 Å². The minimum atomic E-state index is -0.504. The monoisotopic (exact) mass is 331 g/mol. The van der Waals surface area contributed by atoms with Crippen LogP contribution in [0, 0.1) is 22.7 Å². The van der Waals surface area contributed by atoms with Crippen LogP contribution in [0.25, 0.3) is 0 Å². The minimum absolute atomic E-state index is 0.190. The van der Waals surface area contributed by atoms with Crippen LogP contribution in [-0.2, 0) is 4.79 Å². The highest BCUT2D eigenvalue weighted by atomic mass is 35.5. The molecule has 0 saturated carbocycles. The van der Waals surface area contributed by atoms with Crippen molar-refractivity contribution in [1.82, 2.24) is 4.90 Å². The number of hydrogen-bond acceptors (Lipinski definition) is 4. The molecule has 8 heteroatoms. The van der Waals surface area contributed by atoms with Gasteiger partial charge in [-0.3, -0.25) is 4.79 Å². The summed E-state index contributed by atoms with van der Waals surface area (Å²) >= 11 is 17.5. The summed E-state index contributed by atoms with van der Waals surface area (Å²) in [5, 5.41) is 17.8. The number of benzene rings is 1. The first-order valence-electron chi connectivity index (χ1n) is 5.28. The van der Waals surface area contributed by atoms with Gasteiger partial charge < -0.3 is 9.64 Å². The highest BCUT2D eigenvalue weighted by Gasteiger charge is 2.15. The van der Waals surface area contributed by atoms with Gasteiger partial charge in [0.05, 0.1) is 27.2 Å². The summed E-state index contributed by atoms with van der Waals surface area (Å²) in [5.74, 6) is -0.307. The molecule has 0 spiro atoms. The molecular weight excluding hydrogens is 325 g/mol. The number of nitrogens with zero attached hydrogens (tertiary/aromatic N) is 3. The van der Waals surface area contributed by atoms with Gasteiger partial charge in [-0.2, -0.15) is 10.5 Å². The molecule has 0 heterocycles. The molecule has 0 aromatic heterocycles. The fourth-order valence-electron chi connectivity index (χ4n) is 1.25. The smallest absolute Gasteiger partial charge is 0.262 e. The first-order valence-corrected chi connectivity index (χ1v) is 6.42. The van der Waals surface area contributed by atoms with Gasteiger partial charge in [0.25, 0.3) is 5.91 Å². The summed E-state index contributed by atoms with van der Waals surface area (Å²) < 4.78 is 5.22. The van der Waals surface area contributed by atoms with Crippen molar-refractivity contribution in [2.45, 2.75) is 0 Å². The van der Waals surface area contributed by atoms with Crippen molar-refractivity contribution in [2.75, 3.05) is 19.7 Å². The summed E-state index contributed by atoms with van der Waals surface area (Å²) in [6, 6.07) is 6.37. The molecule has 0 saturated heterocycles. The molecule has 20 heavy (non-hydrogen) atoms. The van der Waals surface area contributed by atoms with E-state index in [0.717, 1.165) is 4.90 Å². The first-order chi connectivity index (χ1) is 9.49. The summed E-state index contributed by atoms with van der Waals surface area (Å²) in [6.07, 6.45) is 0. The van der Waals surface area contributed by atoms with E-state index in [0.29, 0.717) is 0 Å². The normalized spacial score (nSPS) is 9.45. The quantitative estimate of drug-likeness (QED) is 0.613. The predicted octanol–water partition coefficient (Wildman–Crippen LogP) is 2.90. The lowest BCUT2D eigenvalue weighted by molar-refractivity contribution is -0.132. The van der Waals surface area contributed by atoms with Crippen molar-refractivity contribution in [1.29, 1.82) is 10.5 Å². The van der Waals surface area contributed by atoms with E-state index in [1.54, 1.807) is 12.1 Å². The molecule has 104 valence electrons. The van der Waals surface area contributed by atoms with Gasteiger partial charge in [-0.05, 0) is 6.07 Å². The SMILES string of the molecule is N#CCN(CC#N)C(=O)COc1cc(Cl)c(Cl)cc1Cl. The molecular formula is C12H8Cl3N3O2. The van der Waals surface area contributed by atoms with Crippen LogP contribution in [0.4, 0.5) is 0 Å². The Morgan fingerprint density at radius 3 is 2.20 bits per heavy atom. The number of amides is 1. The molecule has 0 radical (unpaired) electrons. The van der Waals surface area contributed by atoms with E-state index in [1.165, 1.54) is 12.1 Å². The lowest BCUT2D eigenvalue weighted by Crippen LogP contribution is -2.35. The van der Waals surface area contributed by atoms with E-state index >= 15 is 0 Å². The predicted molar refractivity (Wildman–Crippen MR) is 74.8 cm³/mol. The van der Waals surface area contributed by atoms with Gasteiger partial charge in [-0.1, -0.05) is 34.8 Å². The maximum atomic E-state index is 11.8. The van der Waals surface area contributed by atoms with Crippen LogP contribution >= 0.6 is 34.8 Å². The molecule has 0 fully saturated rings. The van der Waals surface area contributed by atoms with Crippen molar-refractivity contribution >= 4 is 40.7 Å². The second kappa shape index (κ2) is 7.81. The Morgan fingerprint density at radius 1 is 1.10 bits per heavy atom. The zero-order chi connectivity index (χ0) is 15.1. The second-order valence-corrected chi connectivity index (χ2v) is 4.77. The van der Waals surface area contributed by atoms with Crippen LogP contribution in [-0.4, -0.2) is 30.5 Å². The number of halogens is 3. The largest absolute Gasteiger partial charge is 0.482 e. The van der Waals surface area contributed by atoms with Crippen LogP contribution in [0.15, 0.2) is 12.1 Å². The molecule has 0 N–H and O–H groups in total. The van der Waals surface area contributed by atoms with E-state index in [2.05, 4.69) is 0 Å². The minimum Gasteiger partial charge on any atom is -0.482 e. The van der Waals surface area contributed by atoms with Gasteiger partial charge >= 0.3 is 0 Å². The topological polar surface area (TPSA) is 77.1 Å². The molecule has 1 rings (SSSR count). The highest BCUT2D eigenvalue weighted by molar-refractivity contribution is 6.43. The van der Waals surface area contributed by atoms with Crippen LogP contribution in [0.3, 0.4) is 0 Å². The van der Waals surface area contributed by atoms with Gasteiger partial charge in [0.1, 0.15) is 18.8 Å². The third kappa shape index (κ3) is 4.47. The van der Waals surface area contributed by atoms with Crippen LogP contribution < -0.4 is 4.74 Å². The molecule has 0 bridgehead atoms. The Hall–Kier alpha value is -1.66. The highest BCUT2D eigenvalue weighted by Crippen LogP contribution is 2.33. The van der Waals surface area contributed by atoms with Crippen molar-refractivity contribution in [3.8, 4) is 17.9 Å². The summed E-state index contributed by atoms with van der Waals surface area (Å²) in [4.78, 5) is 12.8. The van der Waals surface area contributed by atoms with Crippen molar-refractivity contribution in [3.05, 3.63) is 27.2 Å². The van der Waals surface area contributed by atoms with E-state index in [1.807, 2.05) is 0 Å². The second-order valence-electron chi connectivity index (χ2n) is 3.55. The number of carbonyl (C=O) groups excluding carboxylic acids is 1. The van der Waals surface area contributed by atoms with Crippen LogP contribution in [0.2, 0.25) is 15.1 Å². The zero-order valence-electron chi connectivity index (χ0n) is 10.1. The Balaban J connectivity index is 2.72. The molecule has 0 aliphatic rings. The van der Waals surface area contributed by atoms with E-state index in [-0.39, 0.29) is 40.5 Å². The molecule has 5 nitrogen and oxygen atoms in total.